The predicted molar refractivity (Wildman–Crippen MR) is 74.6 cm³/mol. The van der Waals surface area contributed by atoms with Crippen molar-refractivity contribution in [3.8, 4) is 0 Å². The van der Waals surface area contributed by atoms with E-state index in [0.717, 1.165) is 30.5 Å². The van der Waals surface area contributed by atoms with Crippen LogP contribution in [0.3, 0.4) is 0 Å². The second-order valence-electron chi connectivity index (χ2n) is 4.06. The van der Waals surface area contributed by atoms with Crippen LogP contribution in [0.4, 0.5) is 0 Å². The zero-order valence-corrected chi connectivity index (χ0v) is 11.6. The van der Waals surface area contributed by atoms with E-state index in [4.69, 9.17) is 0 Å². The molecule has 5 heteroatoms. The number of nitrogens with zero attached hydrogens (tertiary/aromatic N) is 3. The van der Waals surface area contributed by atoms with Crippen LogP contribution in [0.15, 0.2) is 35.2 Å². The van der Waals surface area contributed by atoms with Crippen LogP contribution < -0.4 is 5.32 Å². The van der Waals surface area contributed by atoms with Gasteiger partial charge in [-0.25, -0.2) is 0 Å². The van der Waals surface area contributed by atoms with Gasteiger partial charge in [0.25, 0.3) is 0 Å². The first-order chi connectivity index (χ1) is 8.77. The Labute approximate surface area is 112 Å². The van der Waals surface area contributed by atoms with E-state index < -0.39 is 0 Å². The standard InChI is InChI=1S/C13H18N4S/c1-11-15-16-13(17(11)2)10-14-8-9-18-12-6-4-3-5-7-12/h3-7,14H,8-10H2,1-2H3. The van der Waals surface area contributed by atoms with Gasteiger partial charge in [-0.15, -0.1) is 22.0 Å². The van der Waals surface area contributed by atoms with E-state index in [1.165, 1.54) is 4.90 Å². The van der Waals surface area contributed by atoms with E-state index in [0.29, 0.717) is 0 Å². The molecular formula is C13H18N4S. The van der Waals surface area contributed by atoms with Crippen molar-refractivity contribution in [2.45, 2.75) is 18.4 Å². The van der Waals surface area contributed by atoms with Crippen molar-refractivity contribution in [3.63, 3.8) is 0 Å². The molecule has 1 heterocycles. The van der Waals surface area contributed by atoms with Crippen LogP contribution in [-0.2, 0) is 13.6 Å². The summed E-state index contributed by atoms with van der Waals surface area (Å²) in [5.41, 5.74) is 0. The molecule has 0 unspecified atom stereocenters. The Balaban J connectivity index is 1.66. The summed E-state index contributed by atoms with van der Waals surface area (Å²) >= 11 is 1.86. The smallest absolute Gasteiger partial charge is 0.146 e. The number of aromatic nitrogens is 3. The second-order valence-corrected chi connectivity index (χ2v) is 5.23. The molecule has 0 bridgehead atoms. The summed E-state index contributed by atoms with van der Waals surface area (Å²) in [4.78, 5) is 1.31. The third-order valence-electron chi connectivity index (χ3n) is 2.76. The predicted octanol–water partition coefficient (Wildman–Crippen LogP) is 2.01. The number of rotatable bonds is 6. The van der Waals surface area contributed by atoms with Crippen molar-refractivity contribution in [2.24, 2.45) is 7.05 Å². The van der Waals surface area contributed by atoms with Gasteiger partial charge in [0, 0.05) is 24.2 Å². The highest BCUT2D eigenvalue weighted by molar-refractivity contribution is 7.99. The minimum Gasteiger partial charge on any atom is -0.317 e. The normalized spacial score (nSPS) is 10.8. The maximum absolute atomic E-state index is 4.11. The van der Waals surface area contributed by atoms with Crippen molar-refractivity contribution >= 4 is 11.8 Å². The summed E-state index contributed by atoms with van der Waals surface area (Å²) in [6.07, 6.45) is 0. The molecule has 2 rings (SSSR count). The van der Waals surface area contributed by atoms with Gasteiger partial charge < -0.3 is 9.88 Å². The molecule has 0 radical (unpaired) electrons. The fourth-order valence-corrected chi connectivity index (χ4v) is 2.39. The second kappa shape index (κ2) is 6.56. The Morgan fingerprint density at radius 1 is 1.22 bits per heavy atom. The molecule has 96 valence electrons. The van der Waals surface area contributed by atoms with Crippen LogP contribution in [-0.4, -0.2) is 27.1 Å². The molecule has 4 nitrogen and oxygen atoms in total. The van der Waals surface area contributed by atoms with Crippen molar-refractivity contribution < 1.29 is 0 Å². The molecule has 0 amide bonds. The third kappa shape index (κ3) is 3.58. The largest absolute Gasteiger partial charge is 0.317 e. The summed E-state index contributed by atoms with van der Waals surface area (Å²) in [5, 5.41) is 11.5. The lowest BCUT2D eigenvalue weighted by atomic mass is 10.4. The van der Waals surface area contributed by atoms with Crippen LogP contribution in [0.25, 0.3) is 0 Å². The SMILES string of the molecule is Cc1nnc(CNCCSc2ccccc2)n1C. The van der Waals surface area contributed by atoms with Crippen molar-refractivity contribution in [3.05, 3.63) is 42.0 Å². The van der Waals surface area contributed by atoms with E-state index in [1.807, 2.05) is 36.4 Å². The quantitative estimate of drug-likeness (QED) is 0.639. The maximum Gasteiger partial charge on any atom is 0.146 e. The van der Waals surface area contributed by atoms with E-state index in [-0.39, 0.29) is 0 Å². The zero-order valence-electron chi connectivity index (χ0n) is 10.8. The number of aryl methyl sites for hydroxylation is 1. The van der Waals surface area contributed by atoms with Crippen LogP contribution in [0.5, 0.6) is 0 Å². The Kier molecular flexibility index (Phi) is 4.78. The third-order valence-corrected chi connectivity index (χ3v) is 3.77. The van der Waals surface area contributed by atoms with Crippen molar-refractivity contribution in [1.29, 1.82) is 0 Å². The highest BCUT2D eigenvalue weighted by Crippen LogP contribution is 2.15. The average molecular weight is 262 g/mol. The van der Waals surface area contributed by atoms with E-state index >= 15 is 0 Å². The Morgan fingerprint density at radius 3 is 2.67 bits per heavy atom. The summed E-state index contributed by atoms with van der Waals surface area (Å²) in [5.74, 6) is 2.99. The first kappa shape index (κ1) is 13.1. The molecule has 1 N–H and O–H groups in total. The lowest BCUT2D eigenvalue weighted by molar-refractivity contribution is 0.658. The topological polar surface area (TPSA) is 42.7 Å². The van der Waals surface area contributed by atoms with Crippen molar-refractivity contribution in [1.82, 2.24) is 20.1 Å². The molecule has 0 saturated heterocycles. The molecule has 0 aliphatic rings. The van der Waals surface area contributed by atoms with Gasteiger partial charge in [0.15, 0.2) is 0 Å². The fraction of sp³-hybridized carbons (Fsp3) is 0.385. The minimum atomic E-state index is 0.771. The first-order valence-corrected chi connectivity index (χ1v) is 6.99. The molecule has 18 heavy (non-hydrogen) atoms. The van der Waals surface area contributed by atoms with Gasteiger partial charge in [-0.05, 0) is 19.1 Å². The highest BCUT2D eigenvalue weighted by atomic mass is 32.2. The van der Waals surface area contributed by atoms with Crippen LogP contribution >= 0.6 is 11.8 Å². The monoisotopic (exact) mass is 262 g/mol. The molecule has 1 aromatic heterocycles. The van der Waals surface area contributed by atoms with Crippen LogP contribution in [0.2, 0.25) is 0 Å². The zero-order chi connectivity index (χ0) is 12.8. The van der Waals surface area contributed by atoms with Gasteiger partial charge in [-0.1, -0.05) is 18.2 Å². The molecule has 0 aliphatic carbocycles. The lowest BCUT2D eigenvalue weighted by Crippen LogP contribution is -2.19. The number of nitrogens with one attached hydrogen (secondary N) is 1. The Bertz CT molecular complexity index is 481. The van der Waals surface area contributed by atoms with Gasteiger partial charge >= 0.3 is 0 Å². The van der Waals surface area contributed by atoms with Gasteiger partial charge in [-0.2, -0.15) is 0 Å². The van der Waals surface area contributed by atoms with Gasteiger partial charge in [0.1, 0.15) is 11.6 Å². The number of hydrogen-bond acceptors (Lipinski definition) is 4. The van der Waals surface area contributed by atoms with Crippen molar-refractivity contribution in [2.75, 3.05) is 12.3 Å². The number of benzene rings is 1. The molecule has 0 fully saturated rings. The van der Waals surface area contributed by atoms with E-state index in [9.17, 15) is 0 Å². The lowest BCUT2D eigenvalue weighted by Gasteiger charge is -2.04. The summed E-state index contributed by atoms with van der Waals surface area (Å²) in [6.45, 7) is 3.69. The molecule has 0 spiro atoms. The number of hydrogen-bond donors (Lipinski definition) is 1. The Morgan fingerprint density at radius 2 is 2.00 bits per heavy atom. The van der Waals surface area contributed by atoms with Gasteiger partial charge in [0.2, 0.25) is 0 Å². The maximum atomic E-state index is 4.11. The molecular weight excluding hydrogens is 244 g/mol. The van der Waals surface area contributed by atoms with Crippen LogP contribution in [0, 0.1) is 6.92 Å². The van der Waals surface area contributed by atoms with E-state index in [1.54, 1.807) is 0 Å². The first-order valence-electron chi connectivity index (χ1n) is 6.01. The van der Waals surface area contributed by atoms with Gasteiger partial charge in [0.05, 0.1) is 6.54 Å². The summed E-state index contributed by atoms with van der Waals surface area (Å²) < 4.78 is 2.01. The number of thioether (sulfide) groups is 1. The Hall–Kier alpha value is -1.33. The average Bonchev–Trinajstić information content (AvgIpc) is 2.71. The van der Waals surface area contributed by atoms with Crippen LogP contribution in [0.1, 0.15) is 11.6 Å². The minimum absolute atomic E-state index is 0.771. The van der Waals surface area contributed by atoms with E-state index in [2.05, 4.69) is 39.8 Å². The molecule has 0 saturated carbocycles. The highest BCUT2D eigenvalue weighted by Gasteiger charge is 2.03. The summed E-state index contributed by atoms with van der Waals surface area (Å²) in [6, 6.07) is 10.4. The summed E-state index contributed by atoms with van der Waals surface area (Å²) in [7, 11) is 1.99. The molecule has 2 aromatic rings. The molecule has 0 atom stereocenters. The molecule has 1 aromatic carbocycles. The molecule has 0 aliphatic heterocycles. The van der Waals surface area contributed by atoms with Gasteiger partial charge in [-0.3, -0.25) is 0 Å². The fourth-order valence-electron chi connectivity index (χ4n) is 1.56.